The molecule has 0 fully saturated rings. The normalized spacial score (nSPS) is 10.5. The number of benzene rings is 1. The first kappa shape index (κ1) is 12.0. The van der Waals surface area contributed by atoms with Gasteiger partial charge in [-0.25, -0.2) is 9.37 Å². The fraction of sp³-hybridized carbons (Fsp3) is 0.250. The molecule has 0 amide bonds. The maximum atomic E-state index is 12.9. The fourth-order valence-corrected chi connectivity index (χ4v) is 2.09. The third-order valence-electron chi connectivity index (χ3n) is 2.13. The van der Waals surface area contributed by atoms with E-state index in [0.29, 0.717) is 18.8 Å². The Bertz CT molecular complexity index is 487. The SMILES string of the molecule is OCCc1csc(COc2cccc(F)c2)n1. The molecule has 0 saturated heterocycles. The smallest absolute Gasteiger partial charge is 0.140 e. The first-order chi connectivity index (χ1) is 8.28. The predicted molar refractivity (Wildman–Crippen MR) is 63.6 cm³/mol. The number of aromatic nitrogens is 1. The minimum atomic E-state index is -0.317. The fourth-order valence-electron chi connectivity index (χ4n) is 1.35. The molecular formula is C12H12FNO2S. The van der Waals surface area contributed by atoms with Crippen LogP contribution in [0, 0.1) is 5.82 Å². The molecule has 1 heterocycles. The largest absolute Gasteiger partial charge is 0.486 e. The van der Waals surface area contributed by atoms with Gasteiger partial charge in [0.25, 0.3) is 0 Å². The van der Waals surface area contributed by atoms with Crippen molar-refractivity contribution >= 4 is 11.3 Å². The molecule has 5 heteroatoms. The van der Waals surface area contributed by atoms with Gasteiger partial charge in [-0.05, 0) is 12.1 Å². The zero-order valence-electron chi connectivity index (χ0n) is 9.10. The van der Waals surface area contributed by atoms with E-state index in [2.05, 4.69) is 4.98 Å². The highest BCUT2D eigenvalue weighted by Gasteiger charge is 2.03. The molecule has 0 bridgehead atoms. The second-order valence-corrected chi connectivity index (χ2v) is 4.39. The topological polar surface area (TPSA) is 42.4 Å². The van der Waals surface area contributed by atoms with Crippen molar-refractivity contribution in [1.82, 2.24) is 4.98 Å². The Labute approximate surface area is 103 Å². The number of ether oxygens (including phenoxy) is 1. The monoisotopic (exact) mass is 253 g/mol. The highest BCUT2D eigenvalue weighted by atomic mass is 32.1. The van der Waals surface area contributed by atoms with Crippen LogP contribution in [-0.2, 0) is 13.0 Å². The summed E-state index contributed by atoms with van der Waals surface area (Å²) >= 11 is 1.47. The van der Waals surface area contributed by atoms with Crippen molar-refractivity contribution < 1.29 is 14.2 Å². The minimum Gasteiger partial charge on any atom is -0.486 e. The summed E-state index contributed by atoms with van der Waals surface area (Å²) in [6.07, 6.45) is 0.552. The van der Waals surface area contributed by atoms with E-state index in [1.165, 1.54) is 23.5 Å². The average Bonchev–Trinajstić information content (AvgIpc) is 2.75. The van der Waals surface area contributed by atoms with Crippen LogP contribution in [0.1, 0.15) is 10.7 Å². The van der Waals surface area contributed by atoms with E-state index in [4.69, 9.17) is 9.84 Å². The van der Waals surface area contributed by atoms with Gasteiger partial charge in [0.05, 0.1) is 5.69 Å². The van der Waals surface area contributed by atoms with Crippen LogP contribution in [0.5, 0.6) is 5.75 Å². The van der Waals surface area contributed by atoms with Gasteiger partial charge in [-0.1, -0.05) is 6.07 Å². The molecule has 2 rings (SSSR count). The van der Waals surface area contributed by atoms with E-state index >= 15 is 0 Å². The number of nitrogens with zero attached hydrogens (tertiary/aromatic N) is 1. The van der Waals surface area contributed by atoms with E-state index in [1.54, 1.807) is 12.1 Å². The molecule has 3 nitrogen and oxygen atoms in total. The van der Waals surface area contributed by atoms with Gasteiger partial charge in [-0.3, -0.25) is 0 Å². The van der Waals surface area contributed by atoms with Gasteiger partial charge in [0.15, 0.2) is 0 Å². The molecule has 0 aliphatic heterocycles. The molecule has 0 unspecified atom stereocenters. The van der Waals surface area contributed by atoms with Crippen LogP contribution in [0.4, 0.5) is 4.39 Å². The Morgan fingerprint density at radius 1 is 1.41 bits per heavy atom. The molecule has 0 saturated carbocycles. The van der Waals surface area contributed by atoms with Crippen LogP contribution in [0.15, 0.2) is 29.6 Å². The highest BCUT2D eigenvalue weighted by molar-refractivity contribution is 7.09. The standard InChI is InChI=1S/C12H12FNO2S/c13-9-2-1-3-11(6-9)16-7-12-14-10(4-5-15)8-17-12/h1-3,6,8,15H,4-5,7H2. The second-order valence-electron chi connectivity index (χ2n) is 3.45. The lowest BCUT2D eigenvalue weighted by Crippen LogP contribution is -1.96. The summed E-state index contributed by atoms with van der Waals surface area (Å²) < 4.78 is 18.3. The van der Waals surface area contributed by atoms with E-state index < -0.39 is 0 Å². The van der Waals surface area contributed by atoms with E-state index in [9.17, 15) is 4.39 Å². The number of thiazole rings is 1. The zero-order valence-corrected chi connectivity index (χ0v) is 9.91. The molecule has 1 aromatic carbocycles. The number of hydrogen-bond acceptors (Lipinski definition) is 4. The van der Waals surface area contributed by atoms with Crippen LogP contribution in [0.3, 0.4) is 0 Å². The van der Waals surface area contributed by atoms with E-state index in [1.807, 2.05) is 5.38 Å². The summed E-state index contributed by atoms with van der Waals surface area (Å²) in [6, 6.07) is 6.01. The van der Waals surface area contributed by atoms with Crippen molar-refractivity contribution in [2.75, 3.05) is 6.61 Å². The van der Waals surface area contributed by atoms with Gasteiger partial charge in [-0.15, -0.1) is 11.3 Å². The van der Waals surface area contributed by atoms with Crippen LogP contribution in [-0.4, -0.2) is 16.7 Å². The molecule has 0 atom stereocenters. The lowest BCUT2D eigenvalue weighted by molar-refractivity contribution is 0.295. The number of halogens is 1. The molecule has 90 valence electrons. The van der Waals surface area contributed by atoms with Crippen LogP contribution in [0.2, 0.25) is 0 Å². The summed E-state index contributed by atoms with van der Waals surface area (Å²) in [6.45, 7) is 0.410. The van der Waals surface area contributed by atoms with Crippen molar-refractivity contribution in [2.45, 2.75) is 13.0 Å². The first-order valence-corrected chi connectivity index (χ1v) is 6.08. The summed E-state index contributed by atoms with van der Waals surface area (Å²) in [4.78, 5) is 4.28. The lowest BCUT2D eigenvalue weighted by atomic mass is 10.3. The Morgan fingerprint density at radius 3 is 3.06 bits per heavy atom. The quantitative estimate of drug-likeness (QED) is 0.889. The second kappa shape index (κ2) is 5.75. The van der Waals surface area contributed by atoms with Gasteiger partial charge < -0.3 is 9.84 Å². The molecule has 1 aromatic heterocycles. The molecule has 0 spiro atoms. The molecule has 1 N–H and O–H groups in total. The first-order valence-electron chi connectivity index (χ1n) is 5.20. The summed E-state index contributed by atoms with van der Waals surface area (Å²) in [5, 5.41) is 11.5. The van der Waals surface area contributed by atoms with Crippen molar-refractivity contribution in [3.8, 4) is 5.75 Å². The molecule has 0 radical (unpaired) electrons. The Morgan fingerprint density at radius 2 is 2.29 bits per heavy atom. The summed E-state index contributed by atoms with van der Waals surface area (Å²) in [5.41, 5.74) is 0.857. The highest BCUT2D eigenvalue weighted by Crippen LogP contribution is 2.16. The van der Waals surface area contributed by atoms with Crippen LogP contribution >= 0.6 is 11.3 Å². The summed E-state index contributed by atoms with van der Waals surface area (Å²) in [5.74, 6) is 0.173. The predicted octanol–water partition coefficient (Wildman–Crippen LogP) is 2.40. The maximum absolute atomic E-state index is 12.9. The minimum absolute atomic E-state index is 0.0912. The average molecular weight is 253 g/mol. The molecule has 0 aliphatic carbocycles. The van der Waals surface area contributed by atoms with E-state index in [-0.39, 0.29) is 12.4 Å². The Balaban J connectivity index is 1.93. The van der Waals surface area contributed by atoms with Crippen LogP contribution in [0.25, 0.3) is 0 Å². The Hall–Kier alpha value is -1.46. The Kier molecular flexibility index (Phi) is 4.06. The maximum Gasteiger partial charge on any atom is 0.140 e. The van der Waals surface area contributed by atoms with Crippen molar-refractivity contribution in [1.29, 1.82) is 0 Å². The van der Waals surface area contributed by atoms with Gasteiger partial charge in [0.2, 0.25) is 0 Å². The number of hydrogen-bond donors (Lipinski definition) is 1. The molecule has 17 heavy (non-hydrogen) atoms. The van der Waals surface area contributed by atoms with Gasteiger partial charge in [-0.2, -0.15) is 0 Å². The van der Waals surface area contributed by atoms with Crippen molar-refractivity contribution in [3.63, 3.8) is 0 Å². The number of aliphatic hydroxyl groups excluding tert-OH is 1. The van der Waals surface area contributed by atoms with Gasteiger partial charge in [0.1, 0.15) is 23.2 Å². The van der Waals surface area contributed by atoms with E-state index in [0.717, 1.165) is 10.7 Å². The summed E-state index contributed by atoms with van der Waals surface area (Å²) in [7, 11) is 0. The molecular weight excluding hydrogens is 241 g/mol. The van der Waals surface area contributed by atoms with Gasteiger partial charge in [0, 0.05) is 24.5 Å². The van der Waals surface area contributed by atoms with Crippen molar-refractivity contribution in [3.05, 3.63) is 46.2 Å². The third kappa shape index (κ3) is 3.51. The van der Waals surface area contributed by atoms with Gasteiger partial charge >= 0.3 is 0 Å². The van der Waals surface area contributed by atoms with Crippen molar-refractivity contribution in [2.24, 2.45) is 0 Å². The lowest BCUT2D eigenvalue weighted by Gasteiger charge is -2.03. The molecule has 2 aromatic rings. The number of rotatable bonds is 5. The molecule has 0 aliphatic rings. The zero-order chi connectivity index (χ0) is 12.1. The van der Waals surface area contributed by atoms with Crippen LogP contribution < -0.4 is 4.74 Å². The number of aliphatic hydroxyl groups is 1. The third-order valence-corrected chi connectivity index (χ3v) is 3.00.